The van der Waals surface area contributed by atoms with Gasteiger partial charge in [-0.25, -0.2) is 0 Å². The summed E-state index contributed by atoms with van der Waals surface area (Å²) in [5.74, 6) is 0.396. The smallest absolute Gasteiger partial charge is 0.225 e. The maximum Gasteiger partial charge on any atom is 0.225 e. The van der Waals surface area contributed by atoms with Crippen molar-refractivity contribution >= 4 is 34.2 Å². The van der Waals surface area contributed by atoms with Gasteiger partial charge in [-0.15, -0.1) is 0 Å². The zero-order valence-electron chi connectivity index (χ0n) is 14.2. The molecule has 1 aromatic heterocycles. The first-order valence-electron chi connectivity index (χ1n) is 8.20. The molecule has 0 bridgehead atoms. The Balaban J connectivity index is 2.31. The van der Waals surface area contributed by atoms with E-state index in [-0.39, 0.29) is 11.3 Å². The monoisotopic (exact) mass is 354 g/mol. The predicted octanol–water partition coefficient (Wildman–Crippen LogP) is 4.60. The first-order chi connectivity index (χ1) is 12.0. The lowest BCUT2D eigenvalue weighted by atomic mass is 10.0. The Morgan fingerprint density at radius 1 is 1.12 bits per heavy atom. The van der Waals surface area contributed by atoms with Gasteiger partial charge in [0.05, 0.1) is 11.1 Å². The third kappa shape index (κ3) is 3.30. The highest BCUT2D eigenvalue weighted by molar-refractivity contribution is 6.30. The summed E-state index contributed by atoms with van der Waals surface area (Å²) in [7, 11) is 1.85. The molecule has 0 aliphatic carbocycles. The van der Waals surface area contributed by atoms with Crippen LogP contribution in [0.2, 0.25) is 5.02 Å². The molecule has 0 spiro atoms. The number of anilines is 1. The predicted molar refractivity (Wildman–Crippen MR) is 103 cm³/mol. The number of hydrogen-bond acceptors (Lipinski definition) is 2. The Morgan fingerprint density at radius 2 is 1.80 bits per heavy atom. The van der Waals surface area contributed by atoms with Gasteiger partial charge in [-0.2, -0.15) is 0 Å². The summed E-state index contributed by atoms with van der Waals surface area (Å²) >= 11 is 5.98. The molecule has 1 heterocycles. The highest BCUT2D eigenvalue weighted by Crippen LogP contribution is 2.29. The van der Waals surface area contributed by atoms with E-state index < -0.39 is 0 Å². The topological polar surface area (TPSA) is 51.1 Å². The third-order valence-corrected chi connectivity index (χ3v) is 4.43. The molecule has 0 aliphatic rings. The van der Waals surface area contributed by atoms with Gasteiger partial charge in [0, 0.05) is 23.9 Å². The number of hydrogen-bond donors (Lipinski definition) is 1. The molecule has 1 amide bonds. The van der Waals surface area contributed by atoms with E-state index in [4.69, 9.17) is 11.6 Å². The average molecular weight is 355 g/mol. The quantitative estimate of drug-likeness (QED) is 0.744. The van der Waals surface area contributed by atoms with Crippen LogP contribution < -0.4 is 10.7 Å². The molecule has 0 fully saturated rings. The third-order valence-electron chi connectivity index (χ3n) is 4.18. The number of carbonyl (C=O) groups excluding carboxylic acids is 1. The number of pyridine rings is 1. The SMILES string of the molecule is CCCC(=O)Nc1c(-c2ccc(Cl)cc2)c(=O)c2ccccc2n1C. The van der Waals surface area contributed by atoms with Gasteiger partial charge >= 0.3 is 0 Å². The molecule has 0 saturated carbocycles. The number of rotatable bonds is 4. The first kappa shape index (κ1) is 17.2. The van der Waals surface area contributed by atoms with Crippen LogP contribution in [0.3, 0.4) is 0 Å². The number of carbonyl (C=O) groups is 1. The van der Waals surface area contributed by atoms with Crippen LogP contribution in [0.5, 0.6) is 0 Å². The maximum absolute atomic E-state index is 13.1. The fraction of sp³-hybridized carbons (Fsp3) is 0.200. The minimum Gasteiger partial charge on any atom is -0.330 e. The van der Waals surface area contributed by atoms with Crippen LogP contribution in [0.25, 0.3) is 22.0 Å². The van der Waals surface area contributed by atoms with Crippen LogP contribution in [-0.4, -0.2) is 10.5 Å². The van der Waals surface area contributed by atoms with Crippen molar-refractivity contribution in [3.63, 3.8) is 0 Å². The molecule has 3 rings (SSSR count). The second-order valence-electron chi connectivity index (χ2n) is 5.93. The van der Waals surface area contributed by atoms with E-state index in [1.165, 1.54) is 0 Å². The van der Waals surface area contributed by atoms with E-state index in [0.717, 1.165) is 17.5 Å². The molecule has 128 valence electrons. The van der Waals surface area contributed by atoms with Crippen LogP contribution in [0, 0.1) is 0 Å². The number of nitrogens with zero attached hydrogens (tertiary/aromatic N) is 1. The highest BCUT2D eigenvalue weighted by Gasteiger charge is 2.18. The lowest BCUT2D eigenvalue weighted by Gasteiger charge is -2.18. The molecule has 4 nitrogen and oxygen atoms in total. The summed E-state index contributed by atoms with van der Waals surface area (Å²) in [6.45, 7) is 1.94. The molecular weight excluding hydrogens is 336 g/mol. The molecule has 25 heavy (non-hydrogen) atoms. The zero-order chi connectivity index (χ0) is 18.0. The minimum absolute atomic E-state index is 0.108. The number of benzene rings is 2. The molecule has 0 saturated heterocycles. The van der Waals surface area contributed by atoms with Crippen molar-refractivity contribution in [1.82, 2.24) is 4.57 Å². The average Bonchev–Trinajstić information content (AvgIpc) is 2.61. The number of amides is 1. The number of aryl methyl sites for hydroxylation is 1. The largest absolute Gasteiger partial charge is 0.330 e. The summed E-state index contributed by atoms with van der Waals surface area (Å²) in [4.78, 5) is 25.3. The summed E-state index contributed by atoms with van der Waals surface area (Å²) in [6, 6.07) is 14.5. The van der Waals surface area contributed by atoms with Crippen LogP contribution in [0.4, 0.5) is 5.82 Å². The molecule has 1 N–H and O–H groups in total. The van der Waals surface area contributed by atoms with E-state index >= 15 is 0 Å². The van der Waals surface area contributed by atoms with Crippen molar-refractivity contribution < 1.29 is 4.79 Å². The fourth-order valence-electron chi connectivity index (χ4n) is 2.94. The van der Waals surface area contributed by atoms with E-state index in [0.29, 0.717) is 28.2 Å². The lowest BCUT2D eigenvalue weighted by Crippen LogP contribution is -2.21. The minimum atomic E-state index is -0.108. The molecule has 3 aromatic rings. The number of aromatic nitrogens is 1. The Labute approximate surface area is 151 Å². The van der Waals surface area contributed by atoms with Gasteiger partial charge in [-0.1, -0.05) is 42.8 Å². The number of nitrogens with one attached hydrogen (secondary N) is 1. The van der Waals surface area contributed by atoms with Gasteiger partial charge in [0.2, 0.25) is 5.91 Å². The van der Waals surface area contributed by atoms with Crippen LogP contribution in [0.15, 0.2) is 53.3 Å². The molecule has 0 atom stereocenters. The molecule has 0 aliphatic heterocycles. The maximum atomic E-state index is 13.1. The van der Waals surface area contributed by atoms with Crippen molar-refractivity contribution in [3.8, 4) is 11.1 Å². The van der Waals surface area contributed by atoms with Gasteiger partial charge < -0.3 is 9.88 Å². The normalized spacial score (nSPS) is 10.8. The number of fused-ring (bicyclic) bond motifs is 1. The molecule has 0 radical (unpaired) electrons. The van der Waals surface area contributed by atoms with Gasteiger partial charge in [-0.05, 0) is 36.2 Å². The lowest BCUT2D eigenvalue weighted by molar-refractivity contribution is -0.116. The Kier molecular flexibility index (Phi) is 4.91. The van der Waals surface area contributed by atoms with Crippen LogP contribution in [0.1, 0.15) is 19.8 Å². The highest BCUT2D eigenvalue weighted by atomic mass is 35.5. The molecule has 2 aromatic carbocycles. The second kappa shape index (κ2) is 7.11. The first-order valence-corrected chi connectivity index (χ1v) is 8.58. The van der Waals surface area contributed by atoms with E-state index in [9.17, 15) is 9.59 Å². The van der Waals surface area contributed by atoms with Crippen molar-refractivity contribution in [3.05, 3.63) is 63.8 Å². The summed E-state index contributed by atoms with van der Waals surface area (Å²) in [5, 5.41) is 4.13. The van der Waals surface area contributed by atoms with E-state index in [2.05, 4.69) is 5.32 Å². The molecule has 0 unspecified atom stereocenters. The van der Waals surface area contributed by atoms with Gasteiger partial charge in [-0.3, -0.25) is 9.59 Å². The van der Waals surface area contributed by atoms with E-state index in [1.807, 2.05) is 36.7 Å². The van der Waals surface area contributed by atoms with Crippen molar-refractivity contribution in [2.45, 2.75) is 19.8 Å². The van der Waals surface area contributed by atoms with Gasteiger partial charge in [0.1, 0.15) is 5.82 Å². The van der Waals surface area contributed by atoms with Gasteiger partial charge in [0.25, 0.3) is 0 Å². The summed E-state index contributed by atoms with van der Waals surface area (Å²) < 4.78 is 1.86. The molecular formula is C20H19ClN2O2. The van der Waals surface area contributed by atoms with Gasteiger partial charge in [0.15, 0.2) is 5.43 Å². The molecule has 5 heteroatoms. The van der Waals surface area contributed by atoms with Crippen LogP contribution in [-0.2, 0) is 11.8 Å². The number of halogens is 1. The van der Waals surface area contributed by atoms with E-state index in [1.54, 1.807) is 30.3 Å². The van der Waals surface area contributed by atoms with Crippen LogP contribution >= 0.6 is 11.6 Å². The Hall–Kier alpha value is -2.59. The Morgan fingerprint density at radius 3 is 2.48 bits per heavy atom. The number of para-hydroxylation sites is 1. The summed E-state index contributed by atoms with van der Waals surface area (Å²) in [5.41, 5.74) is 1.87. The van der Waals surface area contributed by atoms with Crippen molar-refractivity contribution in [2.75, 3.05) is 5.32 Å². The standard InChI is InChI=1S/C20H19ClN2O2/c1-3-6-17(24)22-20-18(13-9-11-14(21)12-10-13)19(25)15-7-4-5-8-16(15)23(20)2/h4-5,7-12H,3,6H2,1-2H3,(H,22,24). The Bertz CT molecular complexity index is 991. The fourth-order valence-corrected chi connectivity index (χ4v) is 3.07. The zero-order valence-corrected chi connectivity index (χ0v) is 14.9. The van der Waals surface area contributed by atoms with Crippen molar-refractivity contribution in [1.29, 1.82) is 0 Å². The van der Waals surface area contributed by atoms with Crippen molar-refractivity contribution in [2.24, 2.45) is 7.05 Å². The summed E-state index contributed by atoms with van der Waals surface area (Å²) in [6.07, 6.45) is 1.14. The second-order valence-corrected chi connectivity index (χ2v) is 6.37.